The summed E-state index contributed by atoms with van der Waals surface area (Å²) in [6.45, 7) is 5.28. The highest BCUT2D eigenvalue weighted by molar-refractivity contribution is 5.93. The van der Waals surface area contributed by atoms with E-state index in [4.69, 9.17) is 4.74 Å². The Morgan fingerprint density at radius 2 is 1.68 bits per heavy atom. The van der Waals surface area contributed by atoms with Gasteiger partial charge in [-0.15, -0.1) is 0 Å². The second kappa shape index (κ2) is 10.3. The molecule has 0 aliphatic rings. The average Bonchev–Trinajstić information content (AvgIpc) is 2.67. The van der Waals surface area contributed by atoms with Crippen LogP contribution >= 0.6 is 0 Å². The van der Waals surface area contributed by atoms with Gasteiger partial charge in [0.1, 0.15) is 0 Å². The van der Waals surface area contributed by atoms with Crippen LogP contribution in [0.5, 0.6) is 0 Å². The molecule has 0 saturated carbocycles. The summed E-state index contributed by atoms with van der Waals surface area (Å²) < 4.78 is 5.08. The number of hydrogen-bond donors (Lipinski definition) is 2. The van der Waals surface area contributed by atoms with E-state index in [1.165, 1.54) is 6.92 Å². The van der Waals surface area contributed by atoms with Crippen LogP contribution in [0.25, 0.3) is 0 Å². The summed E-state index contributed by atoms with van der Waals surface area (Å²) in [7, 11) is 0. The molecule has 0 aliphatic carbocycles. The average molecular weight is 382 g/mol. The van der Waals surface area contributed by atoms with Gasteiger partial charge in [0, 0.05) is 18.3 Å². The van der Waals surface area contributed by atoms with Crippen molar-refractivity contribution in [2.24, 2.45) is 0 Å². The Hall–Kier alpha value is -3.15. The van der Waals surface area contributed by atoms with Crippen molar-refractivity contribution in [3.8, 4) is 0 Å². The zero-order valence-corrected chi connectivity index (χ0v) is 16.5. The molecule has 0 saturated heterocycles. The Kier molecular flexibility index (Phi) is 7.75. The molecule has 0 fully saturated rings. The number of ether oxygens (including phenoxy) is 1. The quantitative estimate of drug-likeness (QED) is 0.679. The van der Waals surface area contributed by atoms with Crippen LogP contribution in [-0.4, -0.2) is 24.4 Å². The van der Waals surface area contributed by atoms with E-state index in [2.05, 4.69) is 24.5 Å². The monoisotopic (exact) mass is 382 g/mol. The van der Waals surface area contributed by atoms with Gasteiger partial charge < -0.3 is 15.4 Å². The second-order valence-electron chi connectivity index (χ2n) is 6.66. The first-order chi connectivity index (χ1) is 13.4. The first-order valence-electron chi connectivity index (χ1n) is 9.30. The van der Waals surface area contributed by atoms with E-state index in [0.717, 1.165) is 23.2 Å². The van der Waals surface area contributed by atoms with Crippen LogP contribution in [0.4, 0.5) is 11.4 Å². The molecule has 2 rings (SSSR count). The molecule has 6 heteroatoms. The summed E-state index contributed by atoms with van der Waals surface area (Å²) in [6, 6.07) is 14.5. The number of hydrogen-bond acceptors (Lipinski definition) is 4. The molecule has 0 radical (unpaired) electrons. The van der Waals surface area contributed by atoms with Crippen LogP contribution in [-0.2, 0) is 25.5 Å². The largest absolute Gasteiger partial charge is 0.455 e. The normalized spacial score (nSPS) is 11.4. The van der Waals surface area contributed by atoms with Crippen LogP contribution in [0.15, 0.2) is 48.5 Å². The minimum Gasteiger partial charge on any atom is -0.455 e. The second-order valence-corrected chi connectivity index (χ2v) is 6.66. The molecule has 0 aliphatic heterocycles. The van der Waals surface area contributed by atoms with E-state index in [1.54, 1.807) is 24.3 Å². The molecule has 6 nitrogen and oxygen atoms in total. The predicted molar refractivity (Wildman–Crippen MR) is 109 cm³/mol. The van der Waals surface area contributed by atoms with E-state index in [1.807, 2.05) is 24.3 Å². The van der Waals surface area contributed by atoms with Gasteiger partial charge in [0.2, 0.25) is 5.91 Å². The van der Waals surface area contributed by atoms with Gasteiger partial charge in [-0.3, -0.25) is 14.4 Å². The maximum Gasteiger partial charge on any atom is 0.310 e. The summed E-state index contributed by atoms with van der Waals surface area (Å²) in [4.78, 5) is 35.1. The fourth-order valence-electron chi connectivity index (χ4n) is 2.72. The smallest absolute Gasteiger partial charge is 0.310 e. The summed E-state index contributed by atoms with van der Waals surface area (Å²) in [5.41, 5.74) is 3.20. The fourth-order valence-corrected chi connectivity index (χ4v) is 2.72. The van der Waals surface area contributed by atoms with E-state index < -0.39 is 5.97 Å². The Labute approximate surface area is 165 Å². The van der Waals surface area contributed by atoms with Gasteiger partial charge in [-0.25, -0.2) is 0 Å². The van der Waals surface area contributed by atoms with E-state index in [0.29, 0.717) is 11.6 Å². The number of amides is 2. The van der Waals surface area contributed by atoms with Gasteiger partial charge in [0.15, 0.2) is 6.61 Å². The van der Waals surface area contributed by atoms with Gasteiger partial charge in [0.25, 0.3) is 5.91 Å². The number of nitrogens with one attached hydrogen (secondary N) is 2. The standard InChI is InChI=1S/C22H26N2O4/c1-4-15(2)19-7-5-6-8-20(19)24-21(26)14-28-22(27)13-17-9-11-18(12-10-17)23-16(3)25/h5-12,15H,4,13-14H2,1-3H3,(H,23,25)(H,24,26)/t15-/m0/s1. The highest BCUT2D eigenvalue weighted by Gasteiger charge is 2.13. The van der Waals surface area contributed by atoms with Crippen LogP contribution in [0.2, 0.25) is 0 Å². The molecular formula is C22H26N2O4. The maximum atomic E-state index is 12.2. The Morgan fingerprint density at radius 3 is 2.32 bits per heavy atom. The Bertz CT molecular complexity index is 831. The molecule has 28 heavy (non-hydrogen) atoms. The number of esters is 1. The van der Waals surface area contributed by atoms with Crippen LogP contribution in [0, 0.1) is 0 Å². The van der Waals surface area contributed by atoms with Gasteiger partial charge in [-0.05, 0) is 41.7 Å². The summed E-state index contributed by atoms with van der Waals surface area (Å²) in [5, 5.41) is 5.47. The molecule has 0 bridgehead atoms. The van der Waals surface area contributed by atoms with Crippen LogP contribution in [0.3, 0.4) is 0 Å². The Morgan fingerprint density at radius 1 is 1.00 bits per heavy atom. The third-order valence-electron chi connectivity index (χ3n) is 4.37. The predicted octanol–water partition coefficient (Wildman–Crippen LogP) is 3.88. The van der Waals surface area contributed by atoms with Gasteiger partial charge in [0.05, 0.1) is 6.42 Å². The van der Waals surface area contributed by atoms with Crippen LogP contribution < -0.4 is 10.6 Å². The van der Waals surface area contributed by atoms with Gasteiger partial charge >= 0.3 is 5.97 Å². The highest BCUT2D eigenvalue weighted by atomic mass is 16.5. The molecule has 0 heterocycles. The van der Waals surface area contributed by atoms with Crippen molar-refractivity contribution in [2.75, 3.05) is 17.2 Å². The number of anilines is 2. The summed E-state index contributed by atoms with van der Waals surface area (Å²) >= 11 is 0. The number of carbonyl (C=O) groups is 3. The minimum atomic E-state index is -0.488. The zero-order valence-electron chi connectivity index (χ0n) is 16.5. The molecule has 0 unspecified atom stereocenters. The highest BCUT2D eigenvalue weighted by Crippen LogP contribution is 2.26. The molecule has 1 atom stereocenters. The first kappa shape index (κ1) is 21.2. The van der Waals surface area contributed by atoms with E-state index in [-0.39, 0.29) is 24.8 Å². The lowest BCUT2D eigenvalue weighted by Crippen LogP contribution is -2.22. The van der Waals surface area contributed by atoms with E-state index in [9.17, 15) is 14.4 Å². The van der Waals surface area contributed by atoms with Gasteiger partial charge in [-0.1, -0.05) is 44.2 Å². The first-order valence-corrected chi connectivity index (χ1v) is 9.30. The molecule has 2 aromatic carbocycles. The van der Waals surface area contributed by atoms with E-state index >= 15 is 0 Å². The summed E-state index contributed by atoms with van der Waals surface area (Å²) in [6.07, 6.45) is 1.01. The number of para-hydroxylation sites is 1. The van der Waals surface area contributed by atoms with Crippen molar-refractivity contribution < 1.29 is 19.1 Å². The van der Waals surface area contributed by atoms with Crippen molar-refractivity contribution in [2.45, 2.75) is 39.5 Å². The molecule has 2 amide bonds. The SMILES string of the molecule is CC[C@H](C)c1ccccc1NC(=O)COC(=O)Cc1ccc(NC(C)=O)cc1. The number of benzene rings is 2. The lowest BCUT2D eigenvalue weighted by molar-refractivity contribution is -0.146. The number of carbonyl (C=O) groups excluding carboxylic acids is 3. The fraction of sp³-hybridized carbons (Fsp3) is 0.318. The van der Waals surface area contributed by atoms with Crippen molar-refractivity contribution in [1.29, 1.82) is 0 Å². The molecule has 2 N–H and O–H groups in total. The van der Waals surface area contributed by atoms with Gasteiger partial charge in [-0.2, -0.15) is 0 Å². The lowest BCUT2D eigenvalue weighted by Gasteiger charge is -2.15. The third-order valence-corrected chi connectivity index (χ3v) is 4.37. The maximum absolute atomic E-state index is 12.2. The molecule has 2 aromatic rings. The summed E-state index contributed by atoms with van der Waals surface area (Å²) in [5.74, 6) is -0.699. The number of rotatable bonds is 8. The molecule has 0 aromatic heterocycles. The lowest BCUT2D eigenvalue weighted by atomic mass is 9.97. The zero-order chi connectivity index (χ0) is 20.5. The molecule has 0 spiro atoms. The molecule has 148 valence electrons. The van der Waals surface area contributed by atoms with Crippen molar-refractivity contribution in [1.82, 2.24) is 0 Å². The van der Waals surface area contributed by atoms with Crippen molar-refractivity contribution >= 4 is 29.2 Å². The van der Waals surface area contributed by atoms with Crippen molar-refractivity contribution in [3.63, 3.8) is 0 Å². The topological polar surface area (TPSA) is 84.5 Å². The van der Waals surface area contributed by atoms with Crippen LogP contribution in [0.1, 0.15) is 44.2 Å². The Balaban J connectivity index is 1.84. The minimum absolute atomic E-state index is 0.0527. The third kappa shape index (κ3) is 6.54. The molecular weight excluding hydrogens is 356 g/mol. The van der Waals surface area contributed by atoms with Crippen molar-refractivity contribution in [3.05, 3.63) is 59.7 Å².